The number of hydrogen-bond acceptors (Lipinski definition) is 7. The average Bonchev–Trinajstić information content (AvgIpc) is 3.71. The maximum absolute atomic E-state index is 13.3. The quantitative estimate of drug-likeness (QED) is 0.143. The topological polar surface area (TPSA) is 96.7 Å². The van der Waals surface area contributed by atoms with Crippen LogP contribution >= 0.6 is 0 Å². The van der Waals surface area contributed by atoms with E-state index >= 15 is 0 Å². The molecule has 0 N–H and O–H groups in total. The number of ketones is 2. The fraction of sp³-hybridized carbons (Fsp3) is 0.263. The van der Waals surface area contributed by atoms with Gasteiger partial charge in [-0.1, -0.05) is 24.3 Å². The molecule has 6 rings (SSSR count). The van der Waals surface area contributed by atoms with Crippen LogP contribution in [0, 0.1) is 11.2 Å². The summed E-state index contributed by atoms with van der Waals surface area (Å²) in [6.45, 7) is 5.44. The van der Waals surface area contributed by atoms with Crippen LogP contribution in [0.5, 0.6) is 17.2 Å². The maximum Gasteiger partial charge on any atom is 0.418 e. The number of Topliss-reactive ketones (excluding diaryl/α,β-unsaturated/α-hetero) is 2. The zero-order valence-corrected chi connectivity index (χ0v) is 26.7. The Kier molecular flexibility index (Phi) is 8.40. The molecule has 0 amide bonds. The molecule has 1 aliphatic rings. The number of carbonyl (C=O) groups is 3. The lowest BCUT2D eigenvalue weighted by Gasteiger charge is -2.21. The van der Waals surface area contributed by atoms with Crippen molar-refractivity contribution in [3.05, 3.63) is 108 Å². The summed E-state index contributed by atoms with van der Waals surface area (Å²) < 4.78 is 32.3. The van der Waals surface area contributed by atoms with Crippen molar-refractivity contribution in [2.45, 2.75) is 52.1 Å². The second-order valence-electron chi connectivity index (χ2n) is 12.8. The highest BCUT2D eigenvalue weighted by atomic mass is 19.1. The molecule has 0 bridgehead atoms. The number of pyridine rings is 1. The molecule has 2 heterocycles. The summed E-state index contributed by atoms with van der Waals surface area (Å²) in [7, 11) is 1.56. The fourth-order valence-corrected chi connectivity index (χ4v) is 5.63. The highest BCUT2D eigenvalue weighted by Crippen LogP contribution is 2.49. The molecule has 1 aliphatic carbocycles. The standard InChI is InChI=1S/C38H35FN2O6/c1-37(2,3)47-36(44)41-19-5-6-31(41)29-22-28-30(23-33(29)45-4)40-18-15-32(28)46-27-13-9-25(10-14-27)21-35(43)38(16-17-38)34(42)20-24-7-11-26(39)12-8-24/h5-15,18-19,22-23H,16-17,20-21H2,1-4H3. The minimum absolute atomic E-state index is 0.101. The SMILES string of the molecule is COc1cc2nccc(Oc3ccc(CC(=O)C4(C(=O)Cc5ccc(F)cc5)CC4)cc3)c2cc1-c1cccn1C(=O)OC(C)(C)C. The zero-order chi connectivity index (χ0) is 33.3. The Balaban J connectivity index is 1.20. The van der Waals surface area contributed by atoms with Crippen LogP contribution in [0.4, 0.5) is 9.18 Å². The predicted octanol–water partition coefficient (Wildman–Crippen LogP) is 8.13. The Morgan fingerprint density at radius 3 is 2.11 bits per heavy atom. The van der Waals surface area contributed by atoms with Crippen molar-refractivity contribution < 1.29 is 33.0 Å². The summed E-state index contributed by atoms with van der Waals surface area (Å²) in [5.41, 5.74) is 1.74. The Labute approximate surface area is 272 Å². The largest absolute Gasteiger partial charge is 0.496 e. The summed E-state index contributed by atoms with van der Waals surface area (Å²) in [5, 5.41) is 0.704. The molecule has 0 unspecified atom stereocenters. The third-order valence-electron chi connectivity index (χ3n) is 8.25. The normalized spacial score (nSPS) is 13.6. The Hall–Kier alpha value is -5.31. The first kappa shape index (κ1) is 31.7. The molecule has 0 spiro atoms. The molecular weight excluding hydrogens is 599 g/mol. The van der Waals surface area contributed by atoms with E-state index in [0.717, 1.165) is 5.56 Å². The fourth-order valence-electron chi connectivity index (χ4n) is 5.63. The minimum Gasteiger partial charge on any atom is -0.496 e. The first-order valence-corrected chi connectivity index (χ1v) is 15.4. The molecule has 5 aromatic rings. The summed E-state index contributed by atoms with van der Waals surface area (Å²) in [4.78, 5) is 43.8. The van der Waals surface area contributed by atoms with Crippen LogP contribution in [-0.2, 0) is 27.2 Å². The first-order valence-electron chi connectivity index (χ1n) is 15.4. The van der Waals surface area contributed by atoms with E-state index in [1.54, 1.807) is 62.0 Å². The minimum atomic E-state index is -0.957. The smallest absolute Gasteiger partial charge is 0.418 e. The van der Waals surface area contributed by atoms with Gasteiger partial charge >= 0.3 is 6.09 Å². The van der Waals surface area contributed by atoms with Crippen molar-refractivity contribution in [1.82, 2.24) is 9.55 Å². The van der Waals surface area contributed by atoms with Gasteiger partial charge in [-0.2, -0.15) is 0 Å². The van der Waals surface area contributed by atoms with E-state index in [9.17, 15) is 18.8 Å². The lowest BCUT2D eigenvalue weighted by Crippen LogP contribution is -2.28. The molecule has 240 valence electrons. The number of aromatic nitrogens is 2. The zero-order valence-electron chi connectivity index (χ0n) is 26.7. The Morgan fingerprint density at radius 2 is 1.51 bits per heavy atom. The molecule has 0 aliphatic heterocycles. The van der Waals surface area contributed by atoms with Crippen LogP contribution in [0.3, 0.4) is 0 Å². The lowest BCUT2D eigenvalue weighted by molar-refractivity contribution is -0.133. The van der Waals surface area contributed by atoms with Gasteiger partial charge in [-0.25, -0.2) is 9.18 Å². The number of ether oxygens (including phenoxy) is 3. The summed E-state index contributed by atoms with van der Waals surface area (Å²) in [6.07, 6.45) is 4.10. The monoisotopic (exact) mass is 634 g/mol. The Bertz CT molecular complexity index is 1970. The van der Waals surface area contributed by atoms with Gasteiger partial charge in [0.25, 0.3) is 0 Å². The van der Waals surface area contributed by atoms with Crippen molar-refractivity contribution in [3.8, 4) is 28.5 Å². The maximum atomic E-state index is 13.3. The molecule has 47 heavy (non-hydrogen) atoms. The summed E-state index contributed by atoms with van der Waals surface area (Å²) in [5.74, 6) is 1.05. The van der Waals surface area contributed by atoms with E-state index in [1.165, 1.54) is 16.7 Å². The van der Waals surface area contributed by atoms with Gasteiger partial charge in [0.1, 0.15) is 28.7 Å². The van der Waals surface area contributed by atoms with Crippen LogP contribution in [0.1, 0.15) is 44.7 Å². The number of rotatable bonds is 10. The van der Waals surface area contributed by atoms with E-state index in [-0.39, 0.29) is 30.2 Å². The molecule has 1 fully saturated rings. The van der Waals surface area contributed by atoms with E-state index < -0.39 is 17.1 Å². The molecule has 0 atom stereocenters. The number of halogens is 1. The predicted molar refractivity (Wildman–Crippen MR) is 175 cm³/mol. The van der Waals surface area contributed by atoms with Crippen molar-refractivity contribution in [2.24, 2.45) is 5.41 Å². The molecule has 8 nitrogen and oxygen atoms in total. The van der Waals surface area contributed by atoms with Crippen molar-refractivity contribution in [2.75, 3.05) is 7.11 Å². The van der Waals surface area contributed by atoms with Crippen molar-refractivity contribution in [3.63, 3.8) is 0 Å². The van der Waals surface area contributed by atoms with Gasteiger partial charge in [-0.05, 0) is 93.3 Å². The molecular formula is C38H35FN2O6. The third kappa shape index (κ3) is 6.79. The van der Waals surface area contributed by atoms with E-state index in [4.69, 9.17) is 14.2 Å². The lowest BCUT2D eigenvalue weighted by atomic mass is 9.88. The molecule has 1 saturated carbocycles. The Morgan fingerprint density at radius 1 is 0.872 bits per heavy atom. The molecule has 9 heteroatoms. The number of nitrogens with zero attached hydrogens (tertiary/aromatic N) is 2. The van der Waals surface area contributed by atoms with Gasteiger partial charge < -0.3 is 14.2 Å². The van der Waals surface area contributed by atoms with Gasteiger partial charge in [0, 0.05) is 42.3 Å². The molecule has 0 radical (unpaired) electrons. The second-order valence-corrected chi connectivity index (χ2v) is 12.8. The van der Waals surface area contributed by atoms with E-state index in [2.05, 4.69) is 4.98 Å². The highest BCUT2D eigenvalue weighted by Gasteiger charge is 2.54. The van der Waals surface area contributed by atoms with Gasteiger partial charge in [0.15, 0.2) is 11.6 Å². The average molecular weight is 635 g/mol. The highest BCUT2D eigenvalue weighted by molar-refractivity contribution is 6.11. The number of hydrogen-bond donors (Lipinski definition) is 0. The van der Waals surface area contributed by atoms with Gasteiger partial charge in [0.2, 0.25) is 0 Å². The summed E-state index contributed by atoms with van der Waals surface area (Å²) in [6, 6.07) is 22.0. The van der Waals surface area contributed by atoms with Crippen LogP contribution < -0.4 is 9.47 Å². The molecule has 3 aromatic carbocycles. The van der Waals surface area contributed by atoms with Crippen LogP contribution in [-0.4, -0.2) is 39.9 Å². The number of benzene rings is 3. The van der Waals surface area contributed by atoms with Crippen molar-refractivity contribution in [1.29, 1.82) is 0 Å². The van der Waals surface area contributed by atoms with Crippen LogP contribution in [0.2, 0.25) is 0 Å². The number of fused-ring (bicyclic) bond motifs is 1. The van der Waals surface area contributed by atoms with E-state index in [1.807, 2.05) is 45.0 Å². The van der Waals surface area contributed by atoms with Gasteiger partial charge in [0.05, 0.1) is 23.7 Å². The number of carbonyl (C=O) groups excluding carboxylic acids is 3. The first-order chi connectivity index (χ1) is 22.5. The molecule has 0 saturated heterocycles. The van der Waals surface area contributed by atoms with Crippen LogP contribution in [0.25, 0.3) is 22.2 Å². The second kappa shape index (κ2) is 12.5. The summed E-state index contributed by atoms with van der Waals surface area (Å²) >= 11 is 0. The number of methoxy groups -OCH3 is 1. The van der Waals surface area contributed by atoms with Crippen LogP contribution in [0.15, 0.2) is 91.3 Å². The third-order valence-corrected chi connectivity index (χ3v) is 8.25. The van der Waals surface area contributed by atoms with Gasteiger partial charge in [-0.3, -0.25) is 19.1 Å². The van der Waals surface area contributed by atoms with E-state index in [0.29, 0.717) is 57.8 Å². The van der Waals surface area contributed by atoms with Gasteiger partial charge in [-0.15, -0.1) is 0 Å². The molecule has 2 aromatic heterocycles. The van der Waals surface area contributed by atoms with Crippen molar-refractivity contribution >= 4 is 28.6 Å².